The number of nitrogens with zero attached hydrogens (tertiary/aromatic N) is 2. The highest BCUT2D eigenvalue weighted by molar-refractivity contribution is 6.35. The maximum atomic E-state index is 13.9. The van der Waals surface area contributed by atoms with Gasteiger partial charge in [0.2, 0.25) is 5.91 Å². The van der Waals surface area contributed by atoms with Gasteiger partial charge in [0.05, 0.1) is 5.69 Å². The van der Waals surface area contributed by atoms with Gasteiger partial charge in [0.1, 0.15) is 12.4 Å². The Morgan fingerprint density at radius 3 is 2.48 bits per heavy atom. The summed E-state index contributed by atoms with van der Waals surface area (Å²) in [7, 11) is 0. The molecule has 0 aromatic heterocycles. The molecule has 1 aliphatic heterocycles. The monoisotopic (exact) mass is 381 g/mol. The Hall–Kier alpha value is -2.31. The number of para-hydroxylation sites is 1. The molecule has 130 valence electrons. The van der Waals surface area contributed by atoms with Crippen molar-refractivity contribution in [3.63, 3.8) is 0 Å². The van der Waals surface area contributed by atoms with Gasteiger partial charge in [-0.1, -0.05) is 35.3 Å². The van der Waals surface area contributed by atoms with Crippen LogP contribution in [0.25, 0.3) is 0 Å². The van der Waals surface area contributed by atoms with E-state index in [-0.39, 0.29) is 18.1 Å². The van der Waals surface area contributed by atoms with Gasteiger partial charge in [-0.2, -0.15) is 0 Å². The summed E-state index contributed by atoms with van der Waals surface area (Å²) in [5.41, 5.74) is 0.650. The molecule has 1 N–H and O–H groups in total. The van der Waals surface area contributed by atoms with E-state index in [0.29, 0.717) is 28.8 Å². The van der Waals surface area contributed by atoms with Crippen molar-refractivity contribution in [3.05, 3.63) is 58.3 Å². The van der Waals surface area contributed by atoms with Gasteiger partial charge < -0.3 is 10.2 Å². The van der Waals surface area contributed by atoms with Crippen molar-refractivity contribution in [2.75, 3.05) is 29.9 Å². The minimum Gasteiger partial charge on any atom is -0.324 e. The molecule has 0 bridgehead atoms. The number of carbonyl (C=O) groups excluding carboxylic acids is 2. The van der Waals surface area contributed by atoms with Crippen LogP contribution in [0.2, 0.25) is 10.0 Å². The molecule has 0 atom stereocenters. The predicted octanol–water partition coefficient (Wildman–Crippen LogP) is 4.01. The van der Waals surface area contributed by atoms with Crippen LogP contribution < -0.4 is 10.2 Å². The third-order valence-corrected chi connectivity index (χ3v) is 4.16. The maximum Gasteiger partial charge on any atom is 0.325 e. The third kappa shape index (κ3) is 4.03. The first-order chi connectivity index (χ1) is 11.9. The Balaban J connectivity index is 1.65. The lowest BCUT2D eigenvalue weighted by Crippen LogP contribution is -2.37. The Kier molecular flexibility index (Phi) is 5.11. The number of hydrogen-bond acceptors (Lipinski definition) is 2. The highest BCUT2D eigenvalue weighted by atomic mass is 35.5. The smallest absolute Gasteiger partial charge is 0.324 e. The molecule has 1 saturated heterocycles. The van der Waals surface area contributed by atoms with Crippen molar-refractivity contribution < 1.29 is 14.0 Å². The van der Waals surface area contributed by atoms with Gasteiger partial charge in [-0.25, -0.2) is 9.18 Å². The average Bonchev–Trinajstić information content (AvgIpc) is 2.87. The number of benzene rings is 2. The van der Waals surface area contributed by atoms with E-state index in [1.165, 1.54) is 21.9 Å². The summed E-state index contributed by atoms with van der Waals surface area (Å²) >= 11 is 11.8. The molecule has 0 saturated carbocycles. The van der Waals surface area contributed by atoms with Crippen LogP contribution in [-0.4, -0.2) is 36.5 Å². The highest BCUT2D eigenvalue weighted by Gasteiger charge is 2.32. The molecule has 5 nitrogen and oxygen atoms in total. The molecule has 0 spiro atoms. The van der Waals surface area contributed by atoms with E-state index in [2.05, 4.69) is 5.32 Å². The molecule has 2 aromatic rings. The van der Waals surface area contributed by atoms with Crippen molar-refractivity contribution >= 4 is 46.5 Å². The predicted molar refractivity (Wildman–Crippen MR) is 95.8 cm³/mol. The molecule has 3 amide bonds. The summed E-state index contributed by atoms with van der Waals surface area (Å²) in [5.74, 6) is -0.863. The van der Waals surface area contributed by atoms with Gasteiger partial charge in [-0.15, -0.1) is 0 Å². The SMILES string of the molecule is O=C(CN1CCN(c2ccccc2F)C1=O)Nc1cc(Cl)cc(Cl)c1. The van der Waals surface area contributed by atoms with Crippen LogP contribution in [0.5, 0.6) is 0 Å². The van der Waals surface area contributed by atoms with Crippen LogP contribution in [0, 0.1) is 5.82 Å². The van der Waals surface area contributed by atoms with E-state index in [1.54, 1.807) is 30.3 Å². The largest absolute Gasteiger partial charge is 0.325 e. The van der Waals surface area contributed by atoms with Crippen molar-refractivity contribution in [2.45, 2.75) is 0 Å². The third-order valence-electron chi connectivity index (χ3n) is 3.72. The lowest BCUT2D eigenvalue weighted by molar-refractivity contribution is -0.116. The topological polar surface area (TPSA) is 52.7 Å². The highest BCUT2D eigenvalue weighted by Crippen LogP contribution is 2.24. The van der Waals surface area contributed by atoms with Crippen molar-refractivity contribution in [1.82, 2.24) is 4.90 Å². The van der Waals surface area contributed by atoms with Gasteiger partial charge in [0, 0.05) is 28.8 Å². The summed E-state index contributed by atoms with van der Waals surface area (Å²) in [6.45, 7) is 0.501. The average molecular weight is 382 g/mol. The van der Waals surface area contributed by atoms with Crippen LogP contribution in [0.4, 0.5) is 20.6 Å². The lowest BCUT2D eigenvalue weighted by atomic mass is 10.3. The first-order valence-electron chi connectivity index (χ1n) is 7.51. The number of amides is 3. The molecule has 1 heterocycles. The van der Waals surface area contributed by atoms with Crippen molar-refractivity contribution in [1.29, 1.82) is 0 Å². The summed E-state index contributed by atoms with van der Waals surface area (Å²) < 4.78 is 13.9. The Morgan fingerprint density at radius 2 is 1.80 bits per heavy atom. The van der Waals surface area contributed by atoms with Crippen LogP contribution in [0.3, 0.4) is 0 Å². The second kappa shape index (κ2) is 7.29. The molecule has 0 radical (unpaired) electrons. The molecule has 1 aliphatic rings. The van der Waals surface area contributed by atoms with Gasteiger partial charge in [-0.05, 0) is 30.3 Å². The van der Waals surface area contributed by atoms with Gasteiger partial charge >= 0.3 is 6.03 Å². The van der Waals surface area contributed by atoms with E-state index < -0.39 is 11.8 Å². The van der Waals surface area contributed by atoms with Gasteiger partial charge in [-0.3, -0.25) is 9.69 Å². The van der Waals surface area contributed by atoms with E-state index in [1.807, 2.05) is 0 Å². The molecule has 8 heteroatoms. The van der Waals surface area contributed by atoms with Crippen LogP contribution in [-0.2, 0) is 4.79 Å². The van der Waals surface area contributed by atoms with Gasteiger partial charge in [0.25, 0.3) is 0 Å². The fourth-order valence-electron chi connectivity index (χ4n) is 2.62. The molecule has 0 aliphatic carbocycles. The first-order valence-corrected chi connectivity index (χ1v) is 8.26. The molecule has 25 heavy (non-hydrogen) atoms. The Morgan fingerprint density at radius 1 is 1.12 bits per heavy atom. The molecular weight excluding hydrogens is 368 g/mol. The Labute approximate surface area is 153 Å². The van der Waals surface area contributed by atoms with Crippen LogP contribution >= 0.6 is 23.2 Å². The lowest BCUT2D eigenvalue weighted by Gasteiger charge is -2.19. The van der Waals surface area contributed by atoms with Crippen LogP contribution in [0.15, 0.2) is 42.5 Å². The van der Waals surface area contributed by atoms with E-state index >= 15 is 0 Å². The second-order valence-corrected chi connectivity index (χ2v) is 6.39. The van der Waals surface area contributed by atoms with E-state index in [9.17, 15) is 14.0 Å². The number of urea groups is 1. The first kappa shape index (κ1) is 17.5. The number of anilines is 2. The number of halogens is 3. The standard InChI is InChI=1S/C17H14Cl2FN3O2/c18-11-7-12(19)9-13(8-11)21-16(24)10-22-5-6-23(17(22)25)15-4-2-1-3-14(15)20/h1-4,7-9H,5-6,10H2,(H,21,24). The van der Waals surface area contributed by atoms with E-state index in [4.69, 9.17) is 23.2 Å². The summed E-state index contributed by atoms with van der Waals surface area (Å²) in [5, 5.41) is 3.43. The van der Waals surface area contributed by atoms with Crippen molar-refractivity contribution in [3.8, 4) is 0 Å². The zero-order chi connectivity index (χ0) is 18.0. The summed E-state index contributed by atoms with van der Waals surface area (Å²) in [6, 6.07) is 10.3. The molecule has 3 rings (SSSR count). The normalized spacial score (nSPS) is 14.1. The molecule has 0 unspecified atom stereocenters. The number of hydrogen-bond donors (Lipinski definition) is 1. The Bertz CT molecular complexity index is 811. The molecular formula is C17H14Cl2FN3O2. The fraction of sp³-hybridized carbons (Fsp3) is 0.176. The molecule has 2 aromatic carbocycles. The maximum absolute atomic E-state index is 13.9. The second-order valence-electron chi connectivity index (χ2n) is 5.51. The number of rotatable bonds is 4. The zero-order valence-corrected chi connectivity index (χ0v) is 14.5. The summed E-state index contributed by atoms with van der Waals surface area (Å²) in [6.07, 6.45) is 0. The minimum absolute atomic E-state index is 0.145. The molecule has 1 fully saturated rings. The summed E-state index contributed by atoms with van der Waals surface area (Å²) in [4.78, 5) is 27.3. The minimum atomic E-state index is -0.476. The van der Waals surface area contributed by atoms with Crippen molar-refractivity contribution in [2.24, 2.45) is 0 Å². The number of nitrogens with one attached hydrogen (secondary N) is 1. The van der Waals surface area contributed by atoms with Crippen LogP contribution in [0.1, 0.15) is 0 Å². The fourth-order valence-corrected chi connectivity index (χ4v) is 3.15. The zero-order valence-electron chi connectivity index (χ0n) is 13.0. The number of carbonyl (C=O) groups is 2. The quantitative estimate of drug-likeness (QED) is 0.869. The van der Waals surface area contributed by atoms with Gasteiger partial charge in [0.15, 0.2) is 0 Å². The van der Waals surface area contributed by atoms with E-state index in [0.717, 1.165) is 0 Å².